The molecule has 1 atom stereocenters. The molecule has 106 valence electrons. The Bertz CT molecular complexity index is 613. The van der Waals surface area contributed by atoms with Crippen molar-refractivity contribution in [3.8, 4) is 0 Å². The summed E-state index contributed by atoms with van der Waals surface area (Å²) >= 11 is 0. The van der Waals surface area contributed by atoms with E-state index in [-0.39, 0.29) is 6.04 Å². The number of rotatable bonds is 4. The maximum atomic E-state index is 13.2. The minimum atomic E-state index is -0.937. The van der Waals surface area contributed by atoms with E-state index in [1.165, 1.54) is 12.1 Å². The molecule has 0 aliphatic heterocycles. The normalized spacial score (nSPS) is 12.4. The van der Waals surface area contributed by atoms with E-state index in [0.717, 1.165) is 24.3 Å². The molecule has 5 heteroatoms. The van der Waals surface area contributed by atoms with Gasteiger partial charge in [-0.2, -0.15) is 0 Å². The van der Waals surface area contributed by atoms with E-state index >= 15 is 0 Å². The van der Waals surface area contributed by atoms with Gasteiger partial charge in [-0.1, -0.05) is 12.1 Å². The Labute approximate surface area is 114 Å². The molecule has 0 saturated carbocycles. The van der Waals surface area contributed by atoms with Gasteiger partial charge in [-0.3, -0.25) is 0 Å². The zero-order chi connectivity index (χ0) is 14.7. The highest BCUT2D eigenvalue weighted by Crippen LogP contribution is 2.21. The van der Waals surface area contributed by atoms with Gasteiger partial charge >= 0.3 is 0 Å². The molecular formula is C15H13F4N. The summed E-state index contributed by atoms with van der Waals surface area (Å²) in [5, 5.41) is 2.94. The van der Waals surface area contributed by atoms with Gasteiger partial charge in [0.25, 0.3) is 0 Å². The summed E-state index contributed by atoms with van der Waals surface area (Å²) in [6.07, 6.45) is 0.332. The molecular weight excluding hydrogens is 270 g/mol. The molecule has 0 amide bonds. The van der Waals surface area contributed by atoms with Crippen LogP contribution in [-0.2, 0) is 6.42 Å². The van der Waals surface area contributed by atoms with Crippen molar-refractivity contribution < 1.29 is 17.6 Å². The Kier molecular flexibility index (Phi) is 4.39. The van der Waals surface area contributed by atoms with Crippen molar-refractivity contribution in [1.29, 1.82) is 0 Å². The Morgan fingerprint density at radius 3 is 2.00 bits per heavy atom. The fourth-order valence-electron chi connectivity index (χ4n) is 2.02. The van der Waals surface area contributed by atoms with Gasteiger partial charge in [-0.15, -0.1) is 0 Å². The number of hydrogen-bond acceptors (Lipinski definition) is 1. The third-order valence-corrected chi connectivity index (χ3v) is 3.12. The van der Waals surface area contributed by atoms with Crippen molar-refractivity contribution in [3.63, 3.8) is 0 Å². The Morgan fingerprint density at radius 2 is 1.45 bits per heavy atom. The molecule has 1 nitrogen and oxygen atoms in total. The summed E-state index contributed by atoms with van der Waals surface area (Å²) < 4.78 is 52.1. The van der Waals surface area contributed by atoms with E-state index in [1.807, 2.05) is 0 Å². The largest absolute Gasteiger partial charge is 0.313 e. The zero-order valence-electron chi connectivity index (χ0n) is 10.8. The molecule has 0 aliphatic rings. The van der Waals surface area contributed by atoms with Crippen LogP contribution in [0.15, 0.2) is 36.4 Å². The average Bonchev–Trinajstić information content (AvgIpc) is 2.43. The molecule has 2 aromatic carbocycles. The maximum absolute atomic E-state index is 13.2. The van der Waals surface area contributed by atoms with Crippen molar-refractivity contribution in [1.82, 2.24) is 5.32 Å². The van der Waals surface area contributed by atoms with Crippen LogP contribution in [0, 0.1) is 23.3 Å². The Hall–Kier alpha value is -1.88. The number of halogens is 4. The second kappa shape index (κ2) is 6.05. The lowest BCUT2D eigenvalue weighted by Crippen LogP contribution is -2.19. The first-order valence-corrected chi connectivity index (χ1v) is 6.07. The number of likely N-dealkylation sites (N-methyl/N-ethyl adjacent to an activating group) is 1. The van der Waals surface area contributed by atoms with Gasteiger partial charge in [0.2, 0.25) is 0 Å². The molecule has 0 fully saturated rings. The van der Waals surface area contributed by atoms with Gasteiger partial charge in [0, 0.05) is 6.04 Å². The van der Waals surface area contributed by atoms with Gasteiger partial charge in [-0.25, -0.2) is 17.6 Å². The smallest absolute Gasteiger partial charge is 0.159 e. The van der Waals surface area contributed by atoms with Gasteiger partial charge in [0.05, 0.1) is 0 Å². The van der Waals surface area contributed by atoms with Crippen LogP contribution in [0.5, 0.6) is 0 Å². The first kappa shape index (κ1) is 14.5. The van der Waals surface area contributed by atoms with Crippen molar-refractivity contribution in [2.45, 2.75) is 12.5 Å². The van der Waals surface area contributed by atoms with Crippen LogP contribution in [0.2, 0.25) is 0 Å². The van der Waals surface area contributed by atoms with Crippen molar-refractivity contribution in [3.05, 3.63) is 70.8 Å². The Morgan fingerprint density at radius 1 is 0.850 bits per heavy atom. The first-order valence-electron chi connectivity index (χ1n) is 6.07. The average molecular weight is 283 g/mol. The van der Waals surface area contributed by atoms with E-state index in [0.29, 0.717) is 17.5 Å². The number of hydrogen-bond donors (Lipinski definition) is 1. The van der Waals surface area contributed by atoms with Crippen LogP contribution in [-0.4, -0.2) is 7.05 Å². The molecule has 0 heterocycles. The topological polar surface area (TPSA) is 12.0 Å². The zero-order valence-corrected chi connectivity index (χ0v) is 10.8. The molecule has 2 rings (SSSR count). The predicted molar refractivity (Wildman–Crippen MR) is 68.2 cm³/mol. The van der Waals surface area contributed by atoms with Crippen LogP contribution < -0.4 is 5.32 Å². The highest BCUT2D eigenvalue weighted by Gasteiger charge is 2.14. The summed E-state index contributed by atoms with van der Waals surface area (Å²) in [7, 11) is 1.66. The molecule has 0 bridgehead atoms. The summed E-state index contributed by atoms with van der Waals surface area (Å²) in [6.45, 7) is 0. The monoisotopic (exact) mass is 283 g/mol. The van der Waals surface area contributed by atoms with Crippen LogP contribution in [0.3, 0.4) is 0 Å². The standard InChI is InChI=1S/C15H13F4N/c1-20-15(10-3-5-12(17)14(19)8-10)7-9-2-4-11(16)13(18)6-9/h2-6,8,15,20H,7H2,1H3. The van der Waals surface area contributed by atoms with Crippen LogP contribution in [0.25, 0.3) is 0 Å². The molecule has 2 aromatic rings. The molecule has 1 N–H and O–H groups in total. The summed E-state index contributed by atoms with van der Waals surface area (Å²) in [5.41, 5.74) is 1.10. The third kappa shape index (κ3) is 3.17. The van der Waals surface area contributed by atoms with Crippen LogP contribution >= 0.6 is 0 Å². The van der Waals surface area contributed by atoms with E-state index in [4.69, 9.17) is 0 Å². The quantitative estimate of drug-likeness (QED) is 0.843. The van der Waals surface area contributed by atoms with Gasteiger partial charge < -0.3 is 5.32 Å². The van der Waals surface area contributed by atoms with Crippen molar-refractivity contribution >= 4 is 0 Å². The minimum Gasteiger partial charge on any atom is -0.313 e. The fourth-order valence-corrected chi connectivity index (χ4v) is 2.02. The highest BCUT2D eigenvalue weighted by atomic mass is 19.2. The van der Waals surface area contributed by atoms with Gasteiger partial charge in [-0.05, 0) is 48.9 Å². The van der Waals surface area contributed by atoms with Crippen LogP contribution in [0.1, 0.15) is 17.2 Å². The molecule has 0 aliphatic carbocycles. The lowest BCUT2D eigenvalue weighted by atomic mass is 9.98. The lowest BCUT2D eigenvalue weighted by Gasteiger charge is -2.17. The summed E-state index contributed by atoms with van der Waals surface area (Å²) in [5.74, 6) is -3.70. The Balaban J connectivity index is 2.23. The molecule has 0 radical (unpaired) electrons. The number of benzene rings is 2. The highest BCUT2D eigenvalue weighted by molar-refractivity contribution is 5.25. The third-order valence-electron chi connectivity index (χ3n) is 3.12. The minimum absolute atomic E-state index is 0.324. The SMILES string of the molecule is CNC(Cc1ccc(F)c(F)c1)c1ccc(F)c(F)c1. The van der Waals surface area contributed by atoms with E-state index in [9.17, 15) is 17.6 Å². The van der Waals surface area contributed by atoms with E-state index in [2.05, 4.69) is 5.32 Å². The molecule has 0 spiro atoms. The predicted octanol–water partition coefficient (Wildman–Crippen LogP) is 3.75. The van der Waals surface area contributed by atoms with Gasteiger partial charge in [0.1, 0.15) is 0 Å². The van der Waals surface area contributed by atoms with Crippen molar-refractivity contribution in [2.24, 2.45) is 0 Å². The number of nitrogens with one attached hydrogen (secondary N) is 1. The molecule has 20 heavy (non-hydrogen) atoms. The second-order valence-electron chi connectivity index (χ2n) is 4.47. The van der Waals surface area contributed by atoms with Crippen molar-refractivity contribution in [2.75, 3.05) is 7.05 Å². The molecule has 0 saturated heterocycles. The maximum Gasteiger partial charge on any atom is 0.159 e. The van der Waals surface area contributed by atoms with Gasteiger partial charge in [0.15, 0.2) is 23.3 Å². The van der Waals surface area contributed by atoms with E-state index in [1.54, 1.807) is 7.05 Å². The van der Waals surface area contributed by atoms with Crippen LogP contribution in [0.4, 0.5) is 17.6 Å². The fraction of sp³-hybridized carbons (Fsp3) is 0.200. The summed E-state index contributed by atoms with van der Waals surface area (Å²) in [4.78, 5) is 0. The summed E-state index contributed by atoms with van der Waals surface area (Å²) in [6, 6.07) is 6.87. The first-order chi connectivity index (χ1) is 9.51. The molecule has 0 aromatic heterocycles. The lowest BCUT2D eigenvalue weighted by molar-refractivity contribution is 0.498. The second-order valence-corrected chi connectivity index (χ2v) is 4.47. The van der Waals surface area contributed by atoms with E-state index < -0.39 is 23.3 Å². The molecule has 1 unspecified atom stereocenters.